The molecule has 1 aliphatic rings. The van der Waals surface area contributed by atoms with Crippen molar-refractivity contribution in [2.24, 2.45) is 0 Å². The topological polar surface area (TPSA) is 17.0 Å². The van der Waals surface area contributed by atoms with Crippen LogP contribution in [0.3, 0.4) is 0 Å². The van der Waals surface area contributed by atoms with Crippen LogP contribution >= 0.6 is 0 Å². The van der Waals surface area contributed by atoms with E-state index >= 15 is 0 Å². The molecule has 1 aliphatic carbocycles. The van der Waals surface area contributed by atoms with Crippen molar-refractivity contribution in [1.82, 2.24) is 9.88 Å². The van der Waals surface area contributed by atoms with Gasteiger partial charge in [0.25, 0.3) is 0 Å². The van der Waals surface area contributed by atoms with Crippen molar-refractivity contribution in [3.8, 4) is 0 Å². The molecule has 0 aliphatic heterocycles. The Kier molecular flexibility index (Phi) is 3.43. The van der Waals surface area contributed by atoms with Crippen LogP contribution in [0.5, 0.6) is 0 Å². The predicted molar refractivity (Wildman–Crippen MR) is 79.3 cm³/mol. The maximum absolute atomic E-state index is 3.55. The van der Waals surface area contributed by atoms with Gasteiger partial charge in [-0.2, -0.15) is 0 Å². The molecule has 19 heavy (non-hydrogen) atoms. The van der Waals surface area contributed by atoms with E-state index in [0.29, 0.717) is 0 Å². The SMILES string of the molecule is Cc1cc(C)cc(Cn2ccc(CNC3CC3)c2)c1. The van der Waals surface area contributed by atoms with E-state index in [9.17, 15) is 0 Å². The smallest absolute Gasteiger partial charge is 0.0470 e. The molecule has 1 aromatic carbocycles. The number of hydrogen-bond acceptors (Lipinski definition) is 1. The summed E-state index contributed by atoms with van der Waals surface area (Å²) in [5, 5.41) is 3.55. The molecule has 0 bridgehead atoms. The highest BCUT2D eigenvalue weighted by atomic mass is 15.0. The second kappa shape index (κ2) is 5.22. The number of benzene rings is 1. The Morgan fingerprint density at radius 2 is 1.84 bits per heavy atom. The van der Waals surface area contributed by atoms with E-state index in [0.717, 1.165) is 19.1 Å². The van der Waals surface area contributed by atoms with E-state index in [1.54, 1.807) is 0 Å². The number of rotatable bonds is 5. The Morgan fingerprint density at radius 1 is 1.11 bits per heavy atom. The fourth-order valence-corrected chi connectivity index (χ4v) is 2.61. The summed E-state index contributed by atoms with van der Waals surface area (Å²) in [4.78, 5) is 0. The molecule has 2 heteroatoms. The maximum atomic E-state index is 3.55. The van der Waals surface area contributed by atoms with Crippen LogP contribution < -0.4 is 5.32 Å². The van der Waals surface area contributed by atoms with Gasteiger partial charge in [-0.15, -0.1) is 0 Å². The first-order valence-electron chi connectivity index (χ1n) is 7.14. The minimum Gasteiger partial charge on any atom is -0.350 e. The molecule has 1 heterocycles. The van der Waals surface area contributed by atoms with Gasteiger partial charge in [0.15, 0.2) is 0 Å². The van der Waals surface area contributed by atoms with Gasteiger partial charge in [-0.05, 0) is 43.9 Å². The van der Waals surface area contributed by atoms with Crippen molar-refractivity contribution in [3.63, 3.8) is 0 Å². The molecule has 2 nitrogen and oxygen atoms in total. The van der Waals surface area contributed by atoms with Crippen LogP contribution in [0.1, 0.15) is 35.1 Å². The average Bonchev–Trinajstić information content (AvgIpc) is 3.06. The summed E-state index contributed by atoms with van der Waals surface area (Å²) in [6.07, 6.45) is 7.14. The van der Waals surface area contributed by atoms with Crippen molar-refractivity contribution < 1.29 is 0 Å². The Morgan fingerprint density at radius 3 is 2.53 bits per heavy atom. The van der Waals surface area contributed by atoms with E-state index in [2.05, 4.69) is 60.4 Å². The van der Waals surface area contributed by atoms with Crippen molar-refractivity contribution in [2.45, 2.75) is 45.8 Å². The first kappa shape index (κ1) is 12.5. The lowest BCUT2D eigenvalue weighted by Crippen LogP contribution is -2.14. The molecule has 0 amide bonds. The Labute approximate surface area is 115 Å². The predicted octanol–water partition coefficient (Wildman–Crippen LogP) is 3.41. The first-order chi connectivity index (χ1) is 9.19. The van der Waals surface area contributed by atoms with Crippen LogP contribution in [-0.4, -0.2) is 10.6 Å². The third kappa shape index (κ3) is 3.48. The molecule has 1 aromatic heterocycles. The summed E-state index contributed by atoms with van der Waals surface area (Å²) in [7, 11) is 0. The monoisotopic (exact) mass is 254 g/mol. The highest BCUT2D eigenvalue weighted by Crippen LogP contribution is 2.19. The fraction of sp³-hybridized carbons (Fsp3) is 0.412. The molecule has 2 aromatic rings. The number of hydrogen-bond donors (Lipinski definition) is 1. The molecular formula is C17H22N2. The van der Waals surface area contributed by atoms with Gasteiger partial charge in [-0.25, -0.2) is 0 Å². The molecular weight excluding hydrogens is 232 g/mol. The van der Waals surface area contributed by atoms with Crippen LogP contribution in [0.2, 0.25) is 0 Å². The van der Waals surface area contributed by atoms with Gasteiger partial charge in [0.1, 0.15) is 0 Å². The van der Waals surface area contributed by atoms with E-state index in [-0.39, 0.29) is 0 Å². The van der Waals surface area contributed by atoms with E-state index < -0.39 is 0 Å². The number of nitrogens with one attached hydrogen (secondary N) is 1. The van der Waals surface area contributed by atoms with E-state index in [1.807, 2.05) is 0 Å². The van der Waals surface area contributed by atoms with Crippen molar-refractivity contribution in [1.29, 1.82) is 0 Å². The zero-order chi connectivity index (χ0) is 13.2. The molecule has 1 saturated carbocycles. The lowest BCUT2D eigenvalue weighted by Gasteiger charge is -2.06. The van der Waals surface area contributed by atoms with Gasteiger partial charge in [0.2, 0.25) is 0 Å². The molecule has 0 saturated heterocycles. The largest absolute Gasteiger partial charge is 0.350 e. The summed E-state index contributed by atoms with van der Waals surface area (Å²) >= 11 is 0. The van der Waals surface area contributed by atoms with Crippen LogP contribution in [-0.2, 0) is 13.1 Å². The zero-order valence-electron chi connectivity index (χ0n) is 11.8. The van der Waals surface area contributed by atoms with Gasteiger partial charge in [-0.1, -0.05) is 29.3 Å². The quantitative estimate of drug-likeness (QED) is 0.865. The lowest BCUT2D eigenvalue weighted by atomic mass is 10.1. The standard InChI is InChI=1S/C17H22N2/c1-13-7-14(2)9-16(8-13)12-19-6-5-15(11-19)10-18-17-3-4-17/h5-9,11,17-18H,3-4,10,12H2,1-2H3. The van der Waals surface area contributed by atoms with E-state index in [1.165, 1.54) is 35.1 Å². The molecule has 1 N–H and O–H groups in total. The molecule has 0 atom stereocenters. The van der Waals surface area contributed by atoms with Crippen LogP contribution in [0.15, 0.2) is 36.7 Å². The van der Waals surface area contributed by atoms with Crippen molar-refractivity contribution >= 4 is 0 Å². The highest BCUT2D eigenvalue weighted by Gasteiger charge is 2.19. The Hall–Kier alpha value is -1.54. The minimum absolute atomic E-state index is 0.780. The van der Waals surface area contributed by atoms with Crippen LogP contribution in [0.4, 0.5) is 0 Å². The second-order valence-electron chi connectivity index (χ2n) is 5.84. The van der Waals surface area contributed by atoms with Crippen molar-refractivity contribution in [3.05, 3.63) is 58.9 Å². The third-order valence-corrected chi connectivity index (χ3v) is 3.63. The third-order valence-electron chi connectivity index (χ3n) is 3.63. The van der Waals surface area contributed by atoms with Gasteiger partial charge < -0.3 is 9.88 Å². The molecule has 0 radical (unpaired) electrons. The lowest BCUT2D eigenvalue weighted by molar-refractivity contribution is 0.685. The second-order valence-corrected chi connectivity index (χ2v) is 5.84. The molecule has 100 valence electrons. The summed E-state index contributed by atoms with van der Waals surface area (Å²) in [5.41, 5.74) is 5.46. The molecule has 3 rings (SSSR count). The molecule has 0 spiro atoms. The number of nitrogens with zero attached hydrogens (tertiary/aromatic N) is 1. The maximum Gasteiger partial charge on any atom is 0.0470 e. The Bertz CT molecular complexity index is 544. The van der Waals surface area contributed by atoms with Crippen LogP contribution in [0.25, 0.3) is 0 Å². The molecule has 1 fully saturated rings. The van der Waals surface area contributed by atoms with E-state index in [4.69, 9.17) is 0 Å². The number of aromatic nitrogens is 1. The average molecular weight is 254 g/mol. The summed E-state index contributed by atoms with van der Waals surface area (Å²) in [5.74, 6) is 0. The summed E-state index contributed by atoms with van der Waals surface area (Å²) in [6.45, 7) is 6.30. The summed E-state index contributed by atoms with van der Waals surface area (Å²) in [6, 6.07) is 9.77. The molecule has 0 unspecified atom stereocenters. The van der Waals surface area contributed by atoms with Gasteiger partial charge in [-0.3, -0.25) is 0 Å². The first-order valence-corrected chi connectivity index (χ1v) is 7.14. The zero-order valence-corrected chi connectivity index (χ0v) is 11.8. The summed E-state index contributed by atoms with van der Waals surface area (Å²) < 4.78 is 2.28. The number of aryl methyl sites for hydroxylation is 2. The fourth-order valence-electron chi connectivity index (χ4n) is 2.61. The Balaban J connectivity index is 1.65. The van der Waals surface area contributed by atoms with Gasteiger partial charge in [0, 0.05) is 31.5 Å². The van der Waals surface area contributed by atoms with Crippen molar-refractivity contribution in [2.75, 3.05) is 0 Å². The minimum atomic E-state index is 0.780. The highest BCUT2D eigenvalue weighted by molar-refractivity contribution is 5.29. The van der Waals surface area contributed by atoms with Gasteiger partial charge >= 0.3 is 0 Å². The van der Waals surface area contributed by atoms with Crippen LogP contribution in [0, 0.1) is 13.8 Å². The van der Waals surface area contributed by atoms with Gasteiger partial charge in [0.05, 0.1) is 0 Å². The normalized spacial score (nSPS) is 14.8.